The van der Waals surface area contributed by atoms with Crippen molar-refractivity contribution < 1.29 is 28.4 Å². The van der Waals surface area contributed by atoms with Gasteiger partial charge in [0.2, 0.25) is 0 Å². The number of rotatable bonds is 0. The highest BCUT2D eigenvalue weighted by molar-refractivity contribution is 5.86. The van der Waals surface area contributed by atoms with Crippen molar-refractivity contribution in [2.75, 3.05) is 105 Å². The van der Waals surface area contributed by atoms with E-state index in [1.807, 2.05) is 12.1 Å². The van der Waals surface area contributed by atoms with Crippen molar-refractivity contribution in [1.82, 2.24) is 9.80 Å². The predicted molar refractivity (Wildman–Crippen MR) is 131 cm³/mol. The van der Waals surface area contributed by atoms with Crippen molar-refractivity contribution >= 4 is 10.8 Å². The van der Waals surface area contributed by atoms with E-state index in [-0.39, 0.29) is 0 Å². The minimum Gasteiger partial charge on any atom is -0.488 e. The van der Waals surface area contributed by atoms with E-state index in [1.54, 1.807) is 0 Å². The van der Waals surface area contributed by atoms with Gasteiger partial charge in [0.15, 0.2) is 11.5 Å². The molecule has 0 aromatic heterocycles. The minimum absolute atomic E-state index is 0.563. The first kappa shape index (κ1) is 25.2. The third-order valence-electron chi connectivity index (χ3n) is 6.09. The van der Waals surface area contributed by atoms with Gasteiger partial charge in [0.05, 0.1) is 52.9 Å². The Bertz CT molecular complexity index is 763. The van der Waals surface area contributed by atoms with Crippen LogP contribution in [-0.2, 0) is 18.9 Å². The molecule has 3 aliphatic heterocycles. The van der Waals surface area contributed by atoms with E-state index in [4.69, 9.17) is 28.4 Å². The molecule has 2 aromatic rings. The normalized spacial score (nSPS) is 24.9. The maximum absolute atomic E-state index is 6.26. The van der Waals surface area contributed by atoms with E-state index < -0.39 is 0 Å². The fourth-order valence-electron chi connectivity index (χ4n) is 4.08. The first-order valence-corrected chi connectivity index (χ1v) is 12.4. The smallest absolute Gasteiger partial charge is 0.161 e. The lowest BCUT2D eigenvalue weighted by Gasteiger charge is -2.25. The summed E-state index contributed by atoms with van der Waals surface area (Å²) in [6.45, 7) is 11.0. The number of nitrogens with zero attached hydrogens (tertiary/aromatic N) is 2. The summed E-state index contributed by atoms with van der Waals surface area (Å²) in [5.74, 6) is 1.57. The lowest BCUT2D eigenvalue weighted by atomic mass is 10.1. The molecule has 0 amide bonds. The molecule has 0 spiro atoms. The topological polar surface area (TPSA) is 61.9 Å². The molecule has 8 nitrogen and oxygen atoms in total. The Balaban J connectivity index is 1.52. The summed E-state index contributed by atoms with van der Waals surface area (Å²) in [7, 11) is 0. The van der Waals surface area contributed by atoms with Gasteiger partial charge in [0.1, 0.15) is 13.2 Å². The summed E-state index contributed by atoms with van der Waals surface area (Å²) in [5.41, 5.74) is 0. The van der Waals surface area contributed by atoms with Crippen LogP contribution in [0.15, 0.2) is 36.4 Å². The van der Waals surface area contributed by atoms with E-state index in [0.717, 1.165) is 61.5 Å². The van der Waals surface area contributed by atoms with Gasteiger partial charge in [-0.15, -0.1) is 0 Å². The van der Waals surface area contributed by atoms with E-state index in [1.165, 1.54) is 0 Å². The molecule has 0 aliphatic carbocycles. The van der Waals surface area contributed by atoms with E-state index in [9.17, 15) is 0 Å². The third kappa shape index (κ3) is 8.37. The first-order chi connectivity index (χ1) is 16.9. The molecule has 0 saturated carbocycles. The van der Waals surface area contributed by atoms with Gasteiger partial charge in [-0.05, 0) is 22.9 Å². The predicted octanol–water partition coefficient (Wildman–Crippen LogP) is 2.30. The Labute approximate surface area is 202 Å². The molecule has 2 bridgehead atoms. The second kappa shape index (κ2) is 14.5. The van der Waals surface area contributed by atoms with Crippen LogP contribution in [0.2, 0.25) is 0 Å². The summed E-state index contributed by atoms with van der Waals surface area (Å²) in [6, 6.07) is 12.5. The standard InChI is InChI=1S/C26H38N2O6/c1-2-4-24-22-26-25(21-23(24)3-1)33-15-9-27-5-11-29-17-19-31-13-7-28(10-16-34-26)8-14-32-20-18-30-12-6-27/h1-4,21-22H,5-20H2. The zero-order valence-corrected chi connectivity index (χ0v) is 20.1. The molecule has 5 rings (SSSR count). The van der Waals surface area contributed by atoms with Gasteiger partial charge in [0, 0.05) is 39.3 Å². The van der Waals surface area contributed by atoms with Gasteiger partial charge in [-0.1, -0.05) is 24.3 Å². The highest BCUT2D eigenvalue weighted by Crippen LogP contribution is 2.32. The summed E-state index contributed by atoms with van der Waals surface area (Å²) in [5, 5.41) is 2.28. The SMILES string of the molecule is c1ccc2cc3c(cc2c1)OCCN1CCOCCOCCN(CCOCCOCC1)CCO3. The monoisotopic (exact) mass is 474 g/mol. The van der Waals surface area contributed by atoms with E-state index in [0.29, 0.717) is 66.1 Å². The van der Waals surface area contributed by atoms with Crippen LogP contribution in [0, 0.1) is 0 Å². The van der Waals surface area contributed by atoms with Gasteiger partial charge in [-0.3, -0.25) is 9.80 Å². The first-order valence-electron chi connectivity index (χ1n) is 12.4. The summed E-state index contributed by atoms with van der Waals surface area (Å²) in [4.78, 5) is 4.63. The molecule has 0 unspecified atom stereocenters. The highest BCUT2D eigenvalue weighted by Gasteiger charge is 2.13. The van der Waals surface area contributed by atoms with Crippen molar-refractivity contribution in [3.05, 3.63) is 36.4 Å². The molecule has 2 aromatic carbocycles. The molecule has 1 fully saturated rings. The summed E-state index contributed by atoms with van der Waals surface area (Å²) in [6.07, 6.45) is 0. The Morgan fingerprint density at radius 3 is 1.18 bits per heavy atom. The number of benzene rings is 2. The molecule has 3 aliphatic rings. The van der Waals surface area contributed by atoms with Crippen LogP contribution in [0.5, 0.6) is 11.5 Å². The zero-order chi connectivity index (χ0) is 23.3. The van der Waals surface area contributed by atoms with Crippen molar-refractivity contribution in [2.24, 2.45) is 0 Å². The second-order valence-electron chi connectivity index (χ2n) is 8.48. The van der Waals surface area contributed by atoms with Crippen LogP contribution < -0.4 is 9.47 Å². The number of hydrogen-bond donors (Lipinski definition) is 0. The van der Waals surface area contributed by atoms with Crippen molar-refractivity contribution in [1.29, 1.82) is 0 Å². The molecule has 0 radical (unpaired) electrons. The molecule has 1 saturated heterocycles. The number of fused-ring (bicyclic) bond motifs is 19. The molecular weight excluding hydrogens is 436 g/mol. The largest absolute Gasteiger partial charge is 0.488 e. The van der Waals surface area contributed by atoms with Gasteiger partial charge in [-0.2, -0.15) is 0 Å². The van der Waals surface area contributed by atoms with E-state index >= 15 is 0 Å². The number of hydrogen-bond acceptors (Lipinski definition) is 8. The average Bonchev–Trinajstić information content (AvgIpc) is 2.85. The van der Waals surface area contributed by atoms with Gasteiger partial charge >= 0.3 is 0 Å². The van der Waals surface area contributed by atoms with Crippen molar-refractivity contribution in [3.8, 4) is 11.5 Å². The van der Waals surface area contributed by atoms with Crippen LogP contribution >= 0.6 is 0 Å². The maximum Gasteiger partial charge on any atom is 0.161 e. The molecule has 34 heavy (non-hydrogen) atoms. The molecule has 8 heteroatoms. The lowest BCUT2D eigenvalue weighted by molar-refractivity contribution is 0.00507. The van der Waals surface area contributed by atoms with Crippen LogP contribution in [0.4, 0.5) is 0 Å². The van der Waals surface area contributed by atoms with Crippen LogP contribution in [-0.4, -0.2) is 115 Å². The molecule has 3 heterocycles. The highest BCUT2D eigenvalue weighted by atomic mass is 16.5. The fraction of sp³-hybridized carbons (Fsp3) is 0.615. The third-order valence-corrected chi connectivity index (χ3v) is 6.09. The summed E-state index contributed by atoms with van der Waals surface area (Å²) < 4.78 is 35.7. The molecular formula is C26H38N2O6. The Morgan fingerprint density at radius 1 is 0.441 bits per heavy atom. The number of ether oxygens (including phenoxy) is 6. The van der Waals surface area contributed by atoms with Crippen molar-refractivity contribution in [2.45, 2.75) is 0 Å². The Hall–Kier alpha value is -1.94. The zero-order valence-electron chi connectivity index (χ0n) is 20.1. The van der Waals surface area contributed by atoms with Crippen LogP contribution in [0.1, 0.15) is 0 Å². The lowest BCUT2D eigenvalue weighted by Crippen LogP contribution is -2.36. The average molecular weight is 475 g/mol. The molecule has 0 atom stereocenters. The molecule has 0 N–H and O–H groups in total. The van der Waals surface area contributed by atoms with Crippen LogP contribution in [0.25, 0.3) is 10.8 Å². The van der Waals surface area contributed by atoms with Crippen molar-refractivity contribution in [3.63, 3.8) is 0 Å². The fourth-order valence-corrected chi connectivity index (χ4v) is 4.08. The second-order valence-corrected chi connectivity index (χ2v) is 8.48. The van der Waals surface area contributed by atoms with Crippen LogP contribution in [0.3, 0.4) is 0 Å². The van der Waals surface area contributed by atoms with Gasteiger partial charge in [0.25, 0.3) is 0 Å². The van der Waals surface area contributed by atoms with E-state index in [2.05, 4.69) is 34.1 Å². The quantitative estimate of drug-likeness (QED) is 0.577. The summed E-state index contributed by atoms with van der Waals surface area (Å²) >= 11 is 0. The van der Waals surface area contributed by atoms with Gasteiger partial charge < -0.3 is 28.4 Å². The minimum atomic E-state index is 0.563. The molecule has 188 valence electrons. The van der Waals surface area contributed by atoms with Gasteiger partial charge in [-0.25, -0.2) is 0 Å². The Kier molecular flexibility index (Phi) is 10.7. The maximum atomic E-state index is 6.26. The Morgan fingerprint density at radius 2 is 0.794 bits per heavy atom.